The maximum absolute atomic E-state index is 13.4. The summed E-state index contributed by atoms with van der Waals surface area (Å²) in [6.07, 6.45) is 3.99. The van der Waals surface area contributed by atoms with Crippen molar-refractivity contribution in [2.75, 3.05) is 19.7 Å². The molecule has 0 radical (unpaired) electrons. The van der Waals surface area contributed by atoms with Gasteiger partial charge in [0.1, 0.15) is 23.4 Å². The van der Waals surface area contributed by atoms with E-state index in [2.05, 4.69) is 16.7 Å². The first-order chi connectivity index (χ1) is 19.4. The van der Waals surface area contributed by atoms with Gasteiger partial charge in [-0.15, -0.1) is 0 Å². The van der Waals surface area contributed by atoms with Crippen molar-refractivity contribution in [3.8, 4) is 11.5 Å². The Labute approximate surface area is 236 Å². The van der Waals surface area contributed by atoms with Crippen LogP contribution in [0.5, 0.6) is 11.5 Å². The largest absolute Gasteiger partial charge is 0.494 e. The minimum Gasteiger partial charge on any atom is -0.494 e. The number of aromatic nitrogens is 1. The summed E-state index contributed by atoms with van der Waals surface area (Å²) in [6, 6.07) is 18.3. The molecule has 1 aliphatic rings. The monoisotopic (exact) mass is 561 g/mol. The van der Waals surface area contributed by atoms with E-state index in [9.17, 15) is 9.18 Å². The van der Waals surface area contributed by atoms with Crippen LogP contribution in [0.4, 0.5) is 9.18 Å². The number of rotatable bonds is 9. The third kappa shape index (κ3) is 6.11. The average molecular weight is 562 g/mol. The van der Waals surface area contributed by atoms with Gasteiger partial charge in [0.2, 0.25) is 0 Å². The second kappa shape index (κ2) is 12.2. The molecule has 1 aromatic heterocycles. The summed E-state index contributed by atoms with van der Waals surface area (Å²) in [5.41, 5.74) is 3.84. The van der Waals surface area contributed by atoms with Gasteiger partial charge >= 0.3 is 6.09 Å². The number of hydrogen-bond donors (Lipinski definition) is 2. The van der Waals surface area contributed by atoms with Gasteiger partial charge in [-0.2, -0.15) is 0 Å². The lowest BCUT2D eigenvalue weighted by Crippen LogP contribution is -2.42. The summed E-state index contributed by atoms with van der Waals surface area (Å²) in [6.45, 7) is 4.89. The van der Waals surface area contributed by atoms with Crippen molar-refractivity contribution in [1.29, 1.82) is 0 Å². The standard InChI is InChI=1S/C30H29ClFN5O3/c1-34-14-17-36(33)15-2-18-39-23-8-3-20(4-9-23)29-28-25(26-19-21(31)5-12-27(26)35-28)13-16-37(29)30(38)40-24-10-6-22(32)7-11-24/h3-12,14,17,19,29,35H,1-2,13,15-16,18,33H2/b17-14-/t29-/m1/s1. The van der Waals surface area contributed by atoms with Gasteiger partial charge in [-0.05, 0) is 78.9 Å². The lowest BCUT2D eigenvalue weighted by Gasteiger charge is -2.35. The van der Waals surface area contributed by atoms with Gasteiger partial charge in [0.15, 0.2) is 0 Å². The number of amides is 1. The number of carbonyl (C=O) groups excluding carboxylic acids is 1. The van der Waals surface area contributed by atoms with Crippen LogP contribution in [-0.2, 0) is 6.42 Å². The molecule has 3 aromatic carbocycles. The van der Waals surface area contributed by atoms with Crippen LogP contribution < -0.4 is 15.3 Å². The molecular formula is C30H29ClFN5O3. The highest BCUT2D eigenvalue weighted by atomic mass is 35.5. The van der Waals surface area contributed by atoms with Crippen LogP contribution in [0.1, 0.15) is 29.3 Å². The molecule has 8 nitrogen and oxygen atoms in total. The van der Waals surface area contributed by atoms with Gasteiger partial charge in [0.05, 0.1) is 6.61 Å². The minimum absolute atomic E-state index is 0.274. The molecule has 5 rings (SSSR count). The highest BCUT2D eigenvalue weighted by molar-refractivity contribution is 6.31. The number of aliphatic imine (C=N–C) groups is 1. The Bertz CT molecular complexity index is 1520. The smallest absolute Gasteiger partial charge is 0.416 e. The van der Waals surface area contributed by atoms with Crippen LogP contribution >= 0.6 is 11.6 Å². The Kier molecular flexibility index (Phi) is 8.33. The van der Waals surface area contributed by atoms with Gasteiger partial charge in [-0.3, -0.25) is 9.89 Å². The summed E-state index contributed by atoms with van der Waals surface area (Å²) in [5, 5.41) is 3.21. The zero-order valence-corrected chi connectivity index (χ0v) is 22.5. The SMILES string of the molecule is C=N/C=C\N(N)CCCOc1ccc([C@@H]2c3[nH]c4ccc(Cl)cc4c3CCN2C(=O)Oc2ccc(F)cc2)cc1. The molecule has 206 valence electrons. The van der Waals surface area contributed by atoms with Crippen molar-refractivity contribution in [3.05, 3.63) is 107 Å². The topological polar surface area (TPSA) is 96.2 Å². The maximum atomic E-state index is 13.4. The molecule has 3 N–H and O–H groups in total. The Hall–Kier alpha value is -4.34. The number of ether oxygens (including phenoxy) is 2. The van der Waals surface area contributed by atoms with Crippen LogP contribution in [0.25, 0.3) is 10.9 Å². The number of H-pyrrole nitrogens is 1. The molecular weight excluding hydrogens is 533 g/mol. The van der Waals surface area contributed by atoms with Gasteiger partial charge < -0.3 is 19.5 Å². The summed E-state index contributed by atoms with van der Waals surface area (Å²) >= 11 is 6.30. The second-order valence-corrected chi connectivity index (χ2v) is 9.80. The molecule has 0 aliphatic carbocycles. The van der Waals surface area contributed by atoms with E-state index in [1.807, 2.05) is 42.5 Å². The normalized spacial score (nSPS) is 14.8. The molecule has 0 saturated heterocycles. The van der Waals surface area contributed by atoms with Crippen molar-refractivity contribution >= 4 is 35.3 Å². The number of benzene rings is 3. The number of nitrogens with zero attached hydrogens (tertiary/aromatic N) is 3. The summed E-state index contributed by atoms with van der Waals surface area (Å²) in [4.78, 5) is 22.2. The zero-order valence-electron chi connectivity index (χ0n) is 21.7. The molecule has 40 heavy (non-hydrogen) atoms. The van der Waals surface area contributed by atoms with Crippen molar-refractivity contribution in [3.63, 3.8) is 0 Å². The number of nitrogens with one attached hydrogen (secondary N) is 1. The first-order valence-electron chi connectivity index (χ1n) is 12.8. The number of fused-ring (bicyclic) bond motifs is 3. The highest BCUT2D eigenvalue weighted by Crippen LogP contribution is 2.40. The molecule has 1 atom stereocenters. The molecule has 2 heterocycles. The van der Waals surface area contributed by atoms with E-state index in [1.165, 1.54) is 35.5 Å². The highest BCUT2D eigenvalue weighted by Gasteiger charge is 2.35. The fraction of sp³-hybridized carbons (Fsp3) is 0.200. The van der Waals surface area contributed by atoms with Crippen molar-refractivity contribution < 1.29 is 18.7 Å². The van der Waals surface area contributed by atoms with E-state index in [0.717, 1.165) is 27.7 Å². The van der Waals surface area contributed by atoms with Gasteiger partial charge in [0, 0.05) is 53.5 Å². The van der Waals surface area contributed by atoms with Gasteiger partial charge in [0.25, 0.3) is 0 Å². The third-order valence-corrected chi connectivity index (χ3v) is 6.97. The summed E-state index contributed by atoms with van der Waals surface area (Å²) in [7, 11) is 0. The van der Waals surface area contributed by atoms with Crippen LogP contribution in [0.3, 0.4) is 0 Å². The minimum atomic E-state index is -0.522. The van der Waals surface area contributed by atoms with Gasteiger partial charge in [-0.25, -0.2) is 15.0 Å². The fourth-order valence-electron chi connectivity index (χ4n) is 4.86. The van der Waals surface area contributed by atoms with Crippen LogP contribution in [0.15, 0.2) is 84.1 Å². The number of hydrazine groups is 1. The van der Waals surface area contributed by atoms with E-state index >= 15 is 0 Å². The fourth-order valence-corrected chi connectivity index (χ4v) is 5.03. The number of hydrogen-bond acceptors (Lipinski definition) is 6. The maximum Gasteiger partial charge on any atom is 0.416 e. The molecule has 1 aliphatic heterocycles. The van der Waals surface area contributed by atoms with E-state index in [4.69, 9.17) is 26.9 Å². The second-order valence-electron chi connectivity index (χ2n) is 9.36. The predicted molar refractivity (Wildman–Crippen MR) is 154 cm³/mol. The Morgan fingerprint density at radius 3 is 2.67 bits per heavy atom. The first kappa shape index (κ1) is 27.2. The molecule has 0 spiro atoms. The molecule has 1 amide bonds. The number of aromatic amines is 1. The van der Waals surface area contributed by atoms with Crippen molar-refractivity contribution in [1.82, 2.24) is 14.9 Å². The van der Waals surface area contributed by atoms with Gasteiger partial charge in [-0.1, -0.05) is 23.7 Å². The van der Waals surface area contributed by atoms with Crippen LogP contribution in [0, 0.1) is 5.82 Å². The molecule has 0 bridgehead atoms. The van der Waals surface area contributed by atoms with Crippen LogP contribution in [-0.4, -0.2) is 47.4 Å². The summed E-state index contributed by atoms with van der Waals surface area (Å²) in [5.74, 6) is 6.42. The lowest BCUT2D eigenvalue weighted by atomic mass is 9.92. The Morgan fingerprint density at radius 2 is 1.93 bits per heavy atom. The predicted octanol–water partition coefficient (Wildman–Crippen LogP) is 6.22. The number of carbonyl (C=O) groups is 1. The van der Waals surface area contributed by atoms with Crippen molar-refractivity contribution in [2.24, 2.45) is 10.8 Å². The van der Waals surface area contributed by atoms with E-state index < -0.39 is 18.0 Å². The zero-order chi connectivity index (χ0) is 28.1. The van der Waals surface area contributed by atoms with E-state index in [-0.39, 0.29) is 5.75 Å². The average Bonchev–Trinajstić information content (AvgIpc) is 3.33. The number of halogens is 2. The quantitative estimate of drug-likeness (QED) is 0.109. The molecule has 10 heteroatoms. The van der Waals surface area contributed by atoms with Crippen LogP contribution in [0.2, 0.25) is 5.02 Å². The summed E-state index contributed by atoms with van der Waals surface area (Å²) < 4.78 is 24.9. The lowest BCUT2D eigenvalue weighted by molar-refractivity contribution is 0.135. The Balaban J connectivity index is 1.38. The number of nitrogens with two attached hydrogens (primary N) is 1. The molecule has 0 saturated carbocycles. The van der Waals surface area contributed by atoms with Crippen molar-refractivity contribution in [2.45, 2.75) is 18.9 Å². The molecule has 4 aromatic rings. The third-order valence-electron chi connectivity index (χ3n) is 6.73. The van der Waals surface area contributed by atoms with E-state index in [0.29, 0.717) is 43.3 Å². The first-order valence-corrected chi connectivity index (χ1v) is 13.2. The molecule has 0 unspecified atom stereocenters. The Morgan fingerprint density at radius 1 is 1.18 bits per heavy atom. The molecule has 0 fully saturated rings. The van der Waals surface area contributed by atoms with E-state index in [1.54, 1.807) is 11.1 Å².